The summed E-state index contributed by atoms with van der Waals surface area (Å²) in [5.41, 5.74) is 2.34. The van der Waals surface area contributed by atoms with Gasteiger partial charge in [0.25, 0.3) is 0 Å². The molecule has 3 N–H and O–H groups in total. The Labute approximate surface area is 236 Å². The first-order chi connectivity index (χ1) is 19.4. The van der Waals surface area contributed by atoms with Crippen molar-refractivity contribution >= 4 is 34.3 Å². The Hall–Kier alpha value is -3.72. The minimum Gasteiger partial charge on any atom is -0.365 e. The minimum absolute atomic E-state index is 0.0534. The van der Waals surface area contributed by atoms with Gasteiger partial charge in [-0.1, -0.05) is 11.6 Å². The van der Waals surface area contributed by atoms with Crippen LogP contribution in [0.1, 0.15) is 75.5 Å². The summed E-state index contributed by atoms with van der Waals surface area (Å²) in [6.45, 7) is 7.07. The SMILES string of the molecule is C#CC1CCC(Cn2c(NC(C)c3csc(C)n3)nc3nc(-c4noc(=O)[nH]4)nc(NC(C)C4CCC4)c32)CC1. The molecule has 0 radical (unpaired) electrons. The number of imidazole rings is 1. The number of anilines is 2. The van der Waals surface area contributed by atoms with E-state index in [1.54, 1.807) is 11.3 Å². The van der Waals surface area contributed by atoms with Crippen LogP contribution in [0.4, 0.5) is 11.8 Å². The van der Waals surface area contributed by atoms with E-state index in [2.05, 4.69) is 55.5 Å². The molecule has 0 aromatic carbocycles. The van der Waals surface area contributed by atoms with Crippen LogP contribution in [0.2, 0.25) is 0 Å². The van der Waals surface area contributed by atoms with Crippen LogP contribution in [0, 0.1) is 37.0 Å². The van der Waals surface area contributed by atoms with Crippen molar-refractivity contribution in [2.45, 2.75) is 84.3 Å². The summed E-state index contributed by atoms with van der Waals surface area (Å²) < 4.78 is 6.97. The topological polar surface area (TPSA) is 139 Å². The molecule has 4 aromatic heterocycles. The van der Waals surface area contributed by atoms with Gasteiger partial charge in [-0.05, 0) is 71.1 Å². The normalized spacial score (nSPS) is 21.1. The summed E-state index contributed by atoms with van der Waals surface area (Å²) in [4.78, 5) is 33.5. The molecule has 2 unspecified atom stereocenters. The Kier molecular flexibility index (Phi) is 7.31. The zero-order valence-electron chi connectivity index (χ0n) is 23.1. The van der Waals surface area contributed by atoms with Crippen molar-refractivity contribution in [2.75, 3.05) is 10.6 Å². The molecule has 0 aliphatic heterocycles. The van der Waals surface area contributed by atoms with Gasteiger partial charge in [-0.15, -0.1) is 23.7 Å². The summed E-state index contributed by atoms with van der Waals surface area (Å²) in [5, 5.41) is 14.2. The largest absolute Gasteiger partial charge is 0.439 e. The number of hydrogen-bond acceptors (Lipinski definition) is 10. The standard InChI is InChI=1S/C28H35N9O2S/c1-5-18-9-11-19(12-10-18)13-37-22-23(29-15(2)20-7-6-8-20)32-25(26-35-28(38)39-36-26)33-24(22)34-27(37)30-16(3)21-14-40-17(4)31-21/h1,14-16,18-20H,6-13H2,2-4H3,(H,35,36,38)(H2,29,30,32,33,34). The van der Waals surface area contributed by atoms with E-state index in [4.69, 9.17) is 25.9 Å². The van der Waals surface area contributed by atoms with Crippen molar-refractivity contribution in [1.29, 1.82) is 0 Å². The van der Waals surface area contributed by atoms with Crippen molar-refractivity contribution < 1.29 is 4.52 Å². The first-order valence-electron chi connectivity index (χ1n) is 14.1. The molecule has 0 spiro atoms. The third-order valence-electron chi connectivity index (χ3n) is 8.43. The predicted molar refractivity (Wildman–Crippen MR) is 155 cm³/mol. The fourth-order valence-corrected chi connectivity index (χ4v) is 6.45. The molecule has 4 aromatic rings. The molecule has 12 heteroatoms. The highest BCUT2D eigenvalue weighted by Crippen LogP contribution is 2.36. The van der Waals surface area contributed by atoms with Crippen LogP contribution in [0.3, 0.4) is 0 Å². The molecule has 2 fully saturated rings. The molecule has 0 saturated heterocycles. The monoisotopic (exact) mass is 561 g/mol. The van der Waals surface area contributed by atoms with Gasteiger partial charge >= 0.3 is 5.76 Å². The van der Waals surface area contributed by atoms with Gasteiger partial charge in [-0.25, -0.2) is 19.7 Å². The summed E-state index contributed by atoms with van der Waals surface area (Å²) in [7, 11) is 0. The number of terminal acetylenes is 1. The van der Waals surface area contributed by atoms with Crippen molar-refractivity contribution in [2.24, 2.45) is 17.8 Å². The summed E-state index contributed by atoms with van der Waals surface area (Å²) in [6, 6.07) is 0.168. The van der Waals surface area contributed by atoms with Gasteiger partial charge in [0.1, 0.15) is 5.52 Å². The predicted octanol–water partition coefficient (Wildman–Crippen LogP) is 5.15. The van der Waals surface area contributed by atoms with Gasteiger partial charge in [0, 0.05) is 23.9 Å². The molecule has 210 valence electrons. The Bertz CT molecular complexity index is 1580. The molecule has 2 saturated carbocycles. The number of nitrogens with one attached hydrogen (secondary N) is 3. The van der Waals surface area contributed by atoms with Crippen molar-refractivity contribution in [3.63, 3.8) is 0 Å². The third kappa shape index (κ3) is 5.35. The number of thiazole rings is 1. The number of nitrogens with zero attached hydrogens (tertiary/aromatic N) is 6. The minimum atomic E-state index is -0.654. The smallest absolute Gasteiger partial charge is 0.365 e. The summed E-state index contributed by atoms with van der Waals surface area (Å²) in [5.74, 6) is 5.52. The van der Waals surface area contributed by atoms with Gasteiger partial charge in [-0.2, -0.15) is 4.98 Å². The second kappa shape index (κ2) is 11.0. The molecule has 11 nitrogen and oxygen atoms in total. The molecule has 0 bridgehead atoms. The van der Waals surface area contributed by atoms with Gasteiger partial charge in [0.05, 0.1) is 16.7 Å². The third-order valence-corrected chi connectivity index (χ3v) is 9.22. The first-order valence-corrected chi connectivity index (χ1v) is 15.0. The quantitative estimate of drug-likeness (QED) is 0.237. The lowest BCUT2D eigenvalue weighted by Gasteiger charge is -2.32. The van der Waals surface area contributed by atoms with E-state index < -0.39 is 5.76 Å². The molecule has 4 heterocycles. The van der Waals surface area contributed by atoms with Gasteiger partial charge < -0.3 is 15.2 Å². The molecule has 2 aliphatic carbocycles. The zero-order chi connectivity index (χ0) is 27.8. The maximum atomic E-state index is 11.7. The fourth-order valence-electron chi connectivity index (χ4n) is 5.75. The lowest BCUT2D eigenvalue weighted by atomic mass is 9.80. The average molecular weight is 562 g/mol. The van der Waals surface area contributed by atoms with Crippen molar-refractivity contribution in [3.05, 3.63) is 26.6 Å². The highest BCUT2D eigenvalue weighted by Gasteiger charge is 2.29. The lowest BCUT2D eigenvalue weighted by Crippen LogP contribution is -2.31. The molecular weight excluding hydrogens is 526 g/mol. The Balaban J connectivity index is 1.44. The van der Waals surface area contributed by atoms with E-state index in [0.717, 1.165) is 48.4 Å². The van der Waals surface area contributed by atoms with Crippen molar-refractivity contribution in [3.8, 4) is 24.0 Å². The lowest BCUT2D eigenvalue weighted by molar-refractivity contribution is 0.284. The second-order valence-electron chi connectivity index (χ2n) is 11.2. The Morgan fingerprint density at radius 3 is 2.58 bits per heavy atom. The van der Waals surface area contributed by atoms with Crippen LogP contribution >= 0.6 is 11.3 Å². The van der Waals surface area contributed by atoms with Gasteiger partial charge in [-0.3, -0.25) is 9.51 Å². The fraction of sp³-hybridized carbons (Fsp3) is 0.571. The molecule has 2 aliphatic rings. The number of aryl methyl sites for hydroxylation is 1. The number of hydrogen-bond donors (Lipinski definition) is 3. The number of H-pyrrole nitrogens is 1. The van der Waals surface area contributed by atoms with Crippen LogP contribution in [0.25, 0.3) is 22.8 Å². The number of rotatable bonds is 9. The van der Waals surface area contributed by atoms with E-state index >= 15 is 0 Å². The number of aromatic amines is 1. The van der Waals surface area contributed by atoms with Gasteiger partial charge in [0.2, 0.25) is 17.6 Å². The molecular formula is C28H35N9O2S. The molecule has 40 heavy (non-hydrogen) atoms. The first kappa shape index (κ1) is 26.5. The molecule has 6 rings (SSSR count). The average Bonchev–Trinajstić information content (AvgIpc) is 3.62. The Morgan fingerprint density at radius 1 is 1.15 bits per heavy atom. The van der Waals surface area contributed by atoms with E-state index in [1.165, 1.54) is 19.3 Å². The van der Waals surface area contributed by atoms with E-state index in [9.17, 15) is 4.79 Å². The van der Waals surface area contributed by atoms with Crippen LogP contribution < -0.4 is 16.4 Å². The van der Waals surface area contributed by atoms with Crippen LogP contribution in [-0.2, 0) is 6.54 Å². The maximum absolute atomic E-state index is 11.7. The van der Waals surface area contributed by atoms with E-state index in [0.29, 0.717) is 35.2 Å². The number of aromatic nitrogens is 7. The van der Waals surface area contributed by atoms with Crippen LogP contribution in [0.15, 0.2) is 14.7 Å². The molecule has 0 amide bonds. The van der Waals surface area contributed by atoms with E-state index in [-0.39, 0.29) is 23.7 Å². The maximum Gasteiger partial charge on any atom is 0.439 e. The molecule has 2 atom stereocenters. The van der Waals surface area contributed by atoms with Crippen LogP contribution in [0.5, 0.6) is 0 Å². The zero-order valence-corrected chi connectivity index (χ0v) is 23.9. The van der Waals surface area contributed by atoms with E-state index in [1.807, 2.05) is 6.92 Å². The second-order valence-corrected chi connectivity index (χ2v) is 12.3. The highest BCUT2D eigenvalue weighted by atomic mass is 32.1. The summed E-state index contributed by atoms with van der Waals surface area (Å²) >= 11 is 1.63. The number of fused-ring (bicyclic) bond motifs is 1. The Morgan fingerprint density at radius 2 is 1.95 bits per heavy atom. The van der Waals surface area contributed by atoms with Crippen molar-refractivity contribution in [1.82, 2.24) is 34.6 Å². The van der Waals surface area contributed by atoms with Crippen LogP contribution in [-0.4, -0.2) is 40.7 Å². The van der Waals surface area contributed by atoms with Gasteiger partial charge in [0.15, 0.2) is 11.5 Å². The summed E-state index contributed by atoms with van der Waals surface area (Å²) in [6.07, 6.45) is 13.6. The highest BCUT2D eigenvalue weighted by molar-refractivity contribution is 7.09.